The number of nitrogens with two attached hydrogens (primary N) is 1. The summed E-state index contributed by atoms with van der Waals surface area (Å²) >= 11 is 0. The highest BCUT2D eigenvalue weighted by atomic mass is 16.2. The Balaban J connectivity index is 1.87. The first-order chi connectivity index (χ1) is 10.0. The smallest absolute Gasteiger partial charge is 0.238 e. The van der Waals surface area contributed by atoms with E-state index in [0.717, 1.165) is 6.54 Å². The van der Waals surface area contributed by atoms with Crippen LogP contribution in [0.25, 0.3) is 0 Å². The van der Waals surface area contributed by atoms with Gasteiger partial charge >= 0.3 is 0 Å². The van der Waals surface area contributed by atoms with Gasteiger partial charge in [-0.25, -0.2) is 0 Å². The summed E-state index contributed by atoms with van der Waals surface area (Å²) in [5.41, 5.74) is 9.47. The van der Waals surface area contributed by atoms with Gasteiger partial charge in [-0.2, -0.15) is 0 Å². The van der Waals surface area contributed by atoms with Gasteiger partial charge in [0.15, 0.2) is 0 Å². The minimum atomic E-state index is -0.0671. The van der Waals surface area contributed by atoms with Crippen molar-refractivity contribution in [3.8, 4) is 0 Å². The molecule has 1 amide bonds. The average Bonchev–Trinajstić information content (AvgIpc) is 2.44. The number of hydrogen-bond acceptors (Lipinski definition) is 3. The maximum Gasteiger partial charge on any atom is 0.238 e. The molecule has 3 N–H and O–H groups in total. The number of nitrogen functional groups attached to an aromatic ring is 1. The van der Waals surface area contributed by atoms with Crippen LogP contribution in [0.1, 0.15) is 11.1 Å². The minimum Gasteiger partial charge on any atom is -0.397 e. The summed E-state index contributed by atoms with van der Waals surface area (Å²) in [5, 5.41) is 2.83. The van der Waals surface area contributed by atoms with Gasteiger partial charge in [-0.05, 0) is 31.7 Å². The predicted molar refractivity (Wildman–Crippen MR) is 87.0 cm³/mol. The third-order valence-corrected chi connectivity index (χ3v) is 3.22. The molecule has 0 atom stereocenters. The zero-order valence-electron chi connectivity index (χ0n) is 12.5. The molecule has 0 radical (unpaired) electrons. The van der Waals surface area contributed by atoms with Gasteiger partial charge in [0.25, 0.3) is 0 Å². The van der Waals surface area contributed by atoms with Crippen LogP contribution in [0.4, 0.5) is 11.4 Å². The Bertz CT molecular complexity index is 608. The van der Waals surface area contributed by atoms with Crippen LogP contribution in [-0.4, -0.2) is 24.4 Å². The third kappa shape index (κ3) is 4.61. The van der Waals surface area contributed by atoms with Crippen molar-refractivity contribution >= 4 is 17.3 Å². The molecule has 0 saturated carbocycles. The molecule has 4 nitrogen and oxygen atoms in total. The zero-order chi connectivity index (χ0) is 15.2. The lowest BCUT2D eigenvalue weighted by Gasteiger charge is -2.17. The molecule has 110 valence electrons. The second-order valence-corrected chi connectivity index (χ2v) is 5.29. The number of hydrogen-bond donors (Lipinski definition) is 2. The summed E-state index contributed by atoms with van der Waals surface area (Å²) in [6.07, 6.45) is 0. The van der Waals surface area contributed by atoms with E-state index in [2.05, 4.69) is 36.5 Å². The molecule has 2 rings (SSSR count). The largest absolute Gasteiger partial charge is 0.397 e. The number of carbonyl (C=O) groups excluding carboxylic acids is 1. The Kier molecular flexibility index (Phi) is 4.95. The van der Waals surface area contributed by atoms with Crippen LogP contribution in [0.3, 0.4) is 0 Å². The number of amides is 1. The van der Waals surface area contributed by atoms with Gasteiger partial charge in [-0.3, -0.25) is 9.69 Å². The van der Waals surface area contributed by atoms with Crippen LogP contribution in [0.5, 0.6) is 0 Å². The fourth-order valence-corrected chi connectivity index (χ4v) is 2.11. The first-order valence-electron chi connectivity index (χ1n) is 6.93. The van der Waals surface area contributed by atoms with Crippen molar-refractivity contribution in [3.05, 3.63) is 59.7 Å². The summed E-state index contributed by atoms with van der Waals surface area (Å²) in [6, 6.07) is 15.6. The van der Waals surface area contributed by atoms with E-state index < -0.39 is 0 Å². The van der Waals surface area contributed by atoms with Gasteiger partial charge in [0.1, 0.15) is 0 Å². The van der Waals surface area contributed by atoms with E-state index in [1.165, 1.54) is 11.1 Å². The molecular weight excluding hydrogens is 262 g/mol. The van der Waals surface area contributed by atoms with Crippen molar-refractivity contribution in [3.63, 3.8) is 0 Å². The monoisotopic (exact) mass is 283 g/mol. The van der Waals surface area contributed by atoms with E-state index in [-0.39, 0.29) is 5.91 Å². The van der Waals surface area contributed by atoms with Gasteiger partial charge in [0.2, 0.25) is 5.91 Å². The maximum absolute atomic E-state index is 12.0. The normalized spacial score (nSPS) is 10.6. The van der Waals surface area contributed by atoms with Crippen LogP contribution in [0.15, 0.2) is 48.5 Å². The van der Waals surface area contributed by atoms with E-state index in [9.17, 15) is 4.79 Å². The lowest BCUT2D eigenvalue weighted by atomic mass is 10.1. The number of aryl methyl sites for hydroxylation is 1. The second-order valence-electron chi connectivity index (χ2n) is 5.29. The number of likely N-dealkylation sites (N-methyl/N-ethyl adjacent to an activating group) is 1. The number of benzene rings is 2. The Hall–Kier alpha value is -2.33. The minimum absolute atomic E-state index is 0.0671. The zero-order valence-corrected chi connectivity index (χ0v) is 12.5. The van der Waals surface area contributed by atoms with Crippen LogP contribution < -0.4 is 11.1 Å². The third-order valence-electron chi connectivity index (χ3n) is 3.22. The molecule has 0 bridgehead atoms. The molecule has 0 aliphatic carbocycles. The average molecular weight is 283 g/mol. The van der Waals surface area contributed by atoms with E-state index in [0.29, 0.717) is 17.9 Å². The van der Waals surface area contributed by atoms with E-state index in [1.807, 2.05) is 24.1 Å². The highest BCUT2D eigenvalue weighted by Gasteiger charge is 2.08. The first kappa shape index (κ1) is 15.1. The number of para-hydroxylation sites is 2. The van der Waals surface area contributed by atoms with Gasteiger partial charge in [0.05, 0.1) is 17.9 Å². The molecule has 2 aromatic rings. The second kappa shape index (κ2) is 6.90. The number of anilines is 2. The molecule has 4 heteroatoms. The lowest BCUT2D eigenvalue weighted by Crippen LogP contribution is -2.30. The van der Waals surface area contributed by atoms with E-state index >= 15 is 0 Å². The molecule has 0 saturated heterocycles. The molecule has 0 fully saturated rings. The predicted octanol–water partition coefficient (Wildman–Crippen LogP) is 2.65. The molecule has 2 aromatic carbocycles. The van der Waals surface area contributed by atoms with E-state index in [1.54, 1.807) is 12.1 Å². The summed E-state index contributed by atoms with van der Waals surface area (Å²) in [4.78, 5) is 14.0. The number of carbonyl (C=O) groups is 1. The van der Waals surface area contributed by atoms with Crippen molar-refractivity contribution in [1.29, 1.82) is 0 Å². The Labute approximate surface area is 125 Å². The molecule has 0 aromatic heterocycles. The topological polar surface area (TPSA) is 58.4 Å². The van der Waals surface area contributed by atoms with Crippen molar-refractivity contribution in [1.82, 2.24) is 4.90 Å². The first-order valence-corrected chi connectivity index (χ1v) is 6.93. The van der Waals surface area contributed by atoms with Crippen molar-refractivity contribution < 1.29 is 4.79 Å². The van der Waals surface area contributed by atoms with Gasteiger partial charge in [-0.1, -0.05) is 42.0 Å². The van der Waals surface area contributed by atoms with Gasteiger partial charge in [0, 0.05) is 6.54 Å². The molecule has 0 aliphatic heterocycles. The SMILES string of the molecule is Cc1ccc(CN(C)CC(=O)Nc2ccccc2N)cc1. The van der Waals surface area contributed by atoms with Gasteiger partial charge < -0.3 is 11.1 Å². The highest BCUT2D eigenvalue weighted by molar-refractivity contribution is 5.95. The number of nitrogens with zero attached hydrogens (tertiary/aromatic N) is 1. The van der Waals surface area contributed by atoms with Crippen LogP contribution >= 0.6 is 0 Å². The Morgan fingerprint density at radius 1 is 1.14 bits per heavy atom. The molecule has 0 unspecified atom stereocenters. The van der Waals surface area contributed by atoms with Crippen molar-refractivity contribution in [2.24, 2.45) is 0 Å². The molecule has 0 spiro atoms. The fraction of sp³-hybridized carbons (Fsp3) is 0.235. The molecule has 21 heavy (non-hydrogen) atoms. The standard InChI is InChI=1S/C17H21N3O/c1-13-7-9-14(10-8-13)11-20(2)12-17(21)19-16-6-4-3-5-15(16)18/h3-10H,11-12,18H2,1-2H3,(H,19,21). The Morgan fingerprint density at radius 2 is 1.81 bits per heavy atom. The number of rotatable bonds is 5. The molecule has 0 heterocycles. The summed E-state index contributed by atoms with van der Waals surface area (Å²) in [6.45, 7) is 3.12. The summed E-state index contributed by atoms with van der Waals surface area (Å²) in [7, 11) is 1.92. The summed E-state index contributed by atoms with van der Waals surface area (Å²) < 4.78 is 0. The summed E-state index contributed by atoms with van der Waals surface area (Å²) in [5.74, 6) is -0.0671. The quantitative estimate of drug-likeness (QED) is 0.829. The lowest BCUT2D eigenvalue weighted by molar-refractivity contribution is -0.117. The van der Waals surface area contributed by atoms with E-state index in [4.69, 9.17) is 5.73 Å². The highest BCUT2D eigenvalue weighted by Crippen LogP contribution is 2.16. The van der Waals surface area contributed by atoms with Gasteiger partial charge in [-0.15, -0.1) is 0 Å². The van der Waals surface area contributed by atoms with Crippen LogP contribution in [-0.2, 0) is 11.3 Å². The molecular formula is C17H21N3O. The van der Waals surface area contributed by atoms with Crippen LogP contribution in [0, 0.1) is 6.92 Å². The maximum atomic E-state index is 12.0. The van der Waals surface area contributed by atoms with Crippen molar-refractivity contribution in [2.45, 2.75) is 13.5 Å². The number of nitrogens with one attached hydrogen (secondary N) is 1. The molecule has 0 aliphatic rings. The van der Waals surface area contributed by atoms with Crippen LogP contribution in [0.2, 0.25) is 0 Å². The fourth-order valence-electron chi connectivity index (χ4n) is 2.11. The Morgan fingerprint density at radius 3 is 2.48 bits per heavy atom. The van der Waals surface area contributed by atoms with Crippen molar-refractivity contribution in [2.75, 3.05) is 24.6 Å².